The van der Waals surface area contributed by atoms with Gasteiger partial charge in [-0.2, -0.15) is 0 Å². The first kappa shape index (κ1) is 14.6. The summed E-state index contributed by atoms with van der Waals surface area (Å²) in [7, 11) is -1.41. The van der Waals surface area contributed by atoms with E-state index in [4.69, 9.17) is 15.6 Å². The van der Waals surface area contributed by atoms with E-state index in [2.05, 4.69) is 19.6 Å². The Morgan fingerprint density at radius 3 is 1.93 bits per heavy atom. The van der Waals surface area contributed by atoms with Crippen molar-refractivity contribution in [1.82, 2.24) is 0 Å². The van der Waals surface area contributed by atoms with E-state index in [1.165, 1.54) is 0 Å². The van der Waals surface area contributed by atoms with E-state index in [-0.39, 0.29) is 11.7 Å². The predicted molar refractivity (Wildman–Crippen MR) is 63.4 cm³/mol. The Hall–Kier alpha value is -0.393. The number of hydrogen-bond donors (Lipinski definition) is 3. The van der Waals surface area contributed by atoms with Crippen LogP contribution in [0.2, 0.25) is 19.6 Å². The minimum atomic E-state index is -1.41. The molecule has 0 atom stereocenters. The second-order valence-electron chi connectivity index (χ2n) is 5.22. The molecule has 1 fully saturated rings. The zero-order chi connectivity index (χ0) is 12.1. The van der Waals surface area contributed by atoms with Crippen LogP contribution in [0, 0.1) is 0 Å². The van der Waals surface area contributed by atoms with Crippen molar-refractivity contribution in [3.63, 3.8) is 0 Å². The Bertz CT molecular complexity index is 195. The first-order valence-corrected chi connectivity index (χ1v) is 8.82. The maximum atomic E-state index is 10.3. The van der Waals surface area contributed by atoms with Gasteiger partial charge in [0.05, 0.1) is 13.3 Å². The summed E-state index contributed by atoms with van der Waals surface area (Å²) in [5, 5.41) is 16.9. The van der Waals surface area contributed by atoms with Gasteiger partial charge in [-0.15, -0.1) is 0 Å². The van der Waals surface area contributed by atoms with Crippen LogP contribution in [0.5, 0.6) is 0 Å². The zero-order valence-corrected chi connectivity index (χ0v) is 10.9. The standard InChI is InChI=1S/C9H21NOSi.CH2O2/c1-12(2,3)9(11)6-4-8(10)5-7-9;2-1-3/h8,11H,4-7,10H2,1-3H3;1H,(H,2,3). The predicted octanol–water partition coefficient (Wildman–Crippen LogP) is 1.20. The van der Waals surface area contributed by atoms with Crippen LogP contribution in [0.3, 0.4) is 0 Å². The molecule has 1 aliphatic rings. The lowest BCUT2D eigenvalue weighted by Gasteiger charge is -2.43. The number of carboxylic acid groups (broad SMARTS) is 1. The minimum Gasteiger partial charge on any atom is -0.483 e. The first-order valence-electron chi connectivity index (χ1n) is 5.32. The van der Waals surface area contributed by atoms with Crippen molar-refractivity contribution in [3.8, 4) is 0 Å². The molecule has 5 heteroatoms. The molecule has 0 aromatic heterocycles. The summed E-state index contributed by atoms with van der Waals surface area (Å²) >= 11 is 0. The lowest BCUT2D eigenvalue weighted by molar-refractivity contribution is -0.122. The van der Waals surface area contributed by atoms with Crippen molar-refractivity contribution >= 4 is 14.5 Å². The van der Waals surface area contributed by atoms with Crippen LogP contribution in [0.25, 0.3) is 0 Å². The normalized spacial score (nSPS) is 31.4. The van der Waals surface area contributed by atoms with Gasteiger partial charge in [0, 0.05) is 6.04 Å². The Morgan fingerprint density at radius 2 is 1.67 bits per heavy atom. The lowest BCUT2D eigenvalue weighted by Crippen LogP contribution is -2.55. The molecule has 0 amide bonds. The number of hydrogen-bond acceptors (Lipinski definition) is 3. The van der Waals surface area contributed by atoms with Gasteiger partial charge in [-0.25, -0.2) is 0 Å². The van der Waals surface area contributed by atoms with Crippen LogP contribution >= 0.6 is 0 Å². The molecule has 1 saturated carbocycles. The third-order valence-corrected chi connectivity index (χ3v) is 6.55. The number of rotatable bonds is 1. The van der Waals surface area contributed by atoms with Gasteiger partial charge < -0.3 is 15.9 Å². The smallest absolute Gasteiger partial charge is 0.290 e. The molecule has 15 heavy (non-hydrogen) atoms. The Kier molecular flexibility index (Phi) is 5.48. The van der Waals surface area contributed by atoms with Crippen molar-refractivity contribution < 1.29 is 15.0 Å². The van der Waals surface area contributed by atoms with Crippen molar-refractivity contribution in [2.24, 2.45) is 5.73 Å². The van der Waals surface area contributed by atoms with Gasteiger partial charge in [0.2, 0.25) is 0 Å². The quantitative estimate of drug-likeness (QED) is 0.469. The molecule has 1 rings (SSSR count). The highest BCUT2D eigenvalue weighted by Crippen LogP contribution is 2.35. The molecule has 0 unspecified atom stereocenters. The fourth-order valence-electron chi connectivity index (χ4n) is 1.87. The third kappa shape index (κ3) is 4.32. The number of carbonyl (C=O) groups is 1. The van der Waals surface area contributed by atoms with Crippen LogP contribution in [0.15, 0.2) is 0 Å². The fraction of sp³-hybridized carbons (Fsp3) is 0.900. The van der Waals surface area contributed by atoms with Gasteiger partial charge in [0.1, 0.15) is 0 Å². The number of nitrogens with two attached hydrogens (primary N) is 1. The van der Waals surface area contributed by atoms with Crippen LogP contribution < -0.4 is 5.73 Å². The van der Waals surface area contributed by atoms with Crippen LogP contribution in [-0.4, -0.2) is 36.0 Å². The molecule has 90 valence electrons. The molecule has 0 aromatic rings. The molecule has 0 aliphatic heterocycles. The second kappa shape index (κ2) is 5.63. The minimum absolute atomic E-state index is 0.250. The Labute approximate surface area is 92.5 Å². The van der Waals surface area contributed by atoms with E-state index in [1.54, 1.807) is 0 Å². The van der Waals surface area contributed by atoms with E-state index < -0.39 is 8.07 Å². The topological polar surface area (TPSA) is 83.5 Å². The second-order valence-corrected chi connectivity index (χ2v) is 10.7. The van der Waals surface area contributed by atoms with Crippen molar-refractivity contribution in [2.75, 3.05) is 0 Å². The maximum absolute atomic E-state index is 10.3. The van der Waals surface area contributed by atoms with E-state index in [9.17, 15) is 5.11 Å². The summed E-state index contributed by atoms with van der Waals surface area (Å²) in [5.41, 5.74) is 5.80. The highest BCUT2D eigenvalue weighted by molar-refractivity contribution is 6.78. The molecule has 0 radical (unpaired) electrons. The SMILES string of the molecule is C[Si](C)(C)C1(O)CCC(N)CC1.O=CO. The van der Waals surface area contributed by atoms with E-state index in [1.807, 2.05) is 0 Å². The molecule has 4 N–H and O–H groups in total. The van der Waals surface area contributed by atoms with E-state index in [0.717, 1.165) is 25.7 Å². The van der Waals surface area contributed by atoms with Crippen molar-refractivity contribution in [2.45, 2.75) is 56.6 Å². The van der Waals surface area contributed by atoms with E-state index >= 15 is 0 Å². The molecular weight excluding hydrogens is 210 g/mol. The average molecular weight is 233 g/mol. The highest BCUT2D eigenvalue weighted by Gasteiger charge is 2.43. The molecule has 1 aliphatic carbocycles. The van der Waals surface area contributed by atoms with Gasteiger partial charge in [0.15, 0.2) is 0 Å². The molecule has 4 nitrogen and oxygen atoms in total. The first-order chi connectivity index (χ1) is 6.77. The van der Waals surface area contributed by atoms with E-state index in [0.29, 0.717) is 6.04 Å². The summed E-state index contributed by atoms with van der Waals surface area (Å²) in [4.78, 5) is 8.36. The lowest BCUT2D eigenvalue weighted by atomic mass is 9.93. The molecule has 0 spiro atoms. The maximum Gasteiger partial charge on any atom is 0.290 e. The molecule has 0 aromatic carbocycles. The van der Waals surface area contributed by atoms with Gasteiger partial charge in [-0.1, -0.05) is 19.6 Å². The molecular formula is C10H23NO3Si. The monoisotopic (exact) mass is 233 g/mol. The van der Waals surface area contributed by atoms with Crippen molar-refractivity contribution in [1.29, 1.82) is 0 Å². The van der Waals surface area contributed by atoms with Gasteiger partial charge >= 0.3 is 0 Å². The average Bonchev–Trinajstić information content (AvgIpc) is 2.10. The van der Waals surface area contributed by atoms with Crippen LogP contribution in [-0.2, 0) is 4.79 Å². The van der Waals surface area contributed by atoms with Gasteiger partial charge in [0.25, 0.3) is 6.47 Å². The van der Waals surface area contributed by atoms with Crippen LogP contribution in [0.1, 0.15) is 25.7 Å². The summed E-state index contributed by atoms with van der Waals surface area (Å²) in [6.07, 6.45) is 3.84. The van der Waals surface area contributed by atoms with Gasteiger partial charge in [-0.3, -0.25) is 4.79 Å². The summed E-state index contributed by atoms with van der Waals surface area (Å²) in [6.45, 7) is 6.47. The van der Waals surface area contributed by atoms with Crippen LogP contribution in [0.4, 0.5) is 0 Å². The van der Waals surface area contributed by atoms with Gasteiger partial charge in [-0.05, 0) is 25.7 Å². The largest absolute Gasteiger partial charge is 0.483 e. The zero-order valence-electron chi connectivity index (χ0n) is 9.86. The Balaban J connectivity index is 0.000000583. The highest BCUT2D eigenvalue weighted by atomic mass is 28.3. The summed E-state index contributed by atoms with van der Waals surface area (Å²) in [6, 6.07) is 0.335. The molecule has 0 saturated heterocycles. The molecule has 0 heterocycles. The van der Waals surface area contributed by atoms with Crippen molar-refractivity contribution in [3.05, 3.63) is 0 Å². The summed E-state index contributed by atoms with van der Waals surface area (Å²) in [5.74, 6) is 0. The molecule has 0 bridgehead atoms. The Morgan fingerprint density at radius 1 is 1.33 bits per heavy atom. The third-order valence-electron chi connectivity index (χ3n) is 3.25. The fourth-order valence-corrected chi connectivity index (χ4v) is 3.66. The summed E-state index contributed by atoms with van der Waals surface area (Å²) < 4.78 is 0. The number of aliphatic hydroxyl groups is 1.